The van der Waals surface area contributed by atoms with Crippen LogP contribution in [0.5, 0.6) is 0 Å². The van der Waals surface area contributed by atoms with Gasteiger partial charge in [0.25, 0.3) is 10.0 Å². The van der Waals surface area contributed by atoms with Crippen LogP contribution in [0, 0.1) is 0 Å². The number of imidazole rings is 1. The Bertz CT molecular complexity index is 871. The molecule has 0 aliphatic rings. The first-order valence-corrected chi connectivity index (χ1v) is 9.49. The second-order valence-corrected chi connectivity index (χ2v) is 8.91. The van der Waals surface area contributed by atoms with Crippen molar-refractivity contribution in [3.05, 3.63) is 24.4 Å². The Morgan fingerprint density at radius 1 is 1.29 bits per heavy atom. The molecule has 10 heteroatoms. The summed E-state index contributed by atoms with van der Waals surface area (Å²) >= 11 is 0. The van der Waals surface area contributed by atoms with Crippen molar-refractivity contribution in [2.45, 2.75) is 5.03 Å². The number of nitrogens with zero attached hydrogens (tertiary/aromatic N) is 3. The summed E-state index contributed by atoms with van der Waals surface area (Å²) in [6.45, 7) is -0.152. The average molecular weight is 332 g/mol. The molecule has 0 fully saturated rings. The topological polar surface area (TPSA) is 115 Å². The number of nitrogens with two attached hydrogens (primary N) is 1. The van der Waals surface area contributed by atoms with E-state index in [1.54, 1.807) is 18.2 Å². The van der Waals surface area contributed by atoms with E-state index in [-0.39, 0.29) is 23.1 Å². The van der Waals surface area contributed by atoms with Crippen LogP contribution in [0.25, 0.3) is 5.65 Å². The molecule has 2 aromatic heterocycles. The van der Waals surface area contributed by atoms with Gasteiger partial charge in [0.05, 0.1) is 5.75 Å². The number of aromatic nitrogens is 2. The van der Waals surface area contributed by atoms with Crippen LogP contribution in [0.3, 0.4) is 0 Å². The summed E-state index contributed by atoms with van der Waals surface area (Å²) in [6, 6.07) is 5.00. The van der Waals surface area contributed by atoms with Crippen LogP contribution in [0.2, 0.25) is 0 Å². The molecule has 0 saturated carbocycles. The van der Waals surface area contributed by atoms with Crippen LogP contribution in [0.4, 0.5) is 5.82 Å². The summed E-state index contributed by atoms with van der Waals surface area (Å²) in [5.74, 6) is -0.383. The Balaban J connectivity index is 2.44. The lowest BCUT2D eigenvalue weighted by molar-refractivity contribution is 0.481. The molecule has 2 aromatic rings. The first-order valence-electron chi connectivity index (χ1n) is 5.99. The predicted octanol–water partition coefficient (Wildman–Crippen LogP) is -0.418. The first-order chi connectivity index (χ1) is 9.63. The molecule has 2 heterocycles. The van der Waals surface area contributed by atoms with E-state index in [1.165, 1.54) is 17.6 Å². The number of rotatable bonds is 5. The molecule has 0 aliphatic carbocycles. The Hall–Kier alpha value is -1.65. The van der Waals surface area contributed by atoms with Crippen molar-refractivity contribution in [2.24, 2.45) is 0 Å². The molecule has 0 amide bonds. The standard InChI is InChI=1S/C11H16N4O4S2/c1-14(7-8-20(2,16)17)21(18,19)11-10(12)13-9-5-3-4-6-15(9)11/h3-6H,7-8,12H2,1-2H3. The highest BCUT2D eigenvalue weighted by Crippen LogP contribution is 2.22. The molecule has 0 atom stereocenters. The van der Waals surface area contributed by atoms with Gasteiger partial charge in [-0.15, -0.1) is 0 Å². The Labute approximate surface area is 123 Å². The quantitative estimate of drug-likeness (QED) is 0.795. The number of anilines is 1. The van der Waals surface area contributed by atoms with Gasteiger partial charge < -0.3 is 5.73 Å². The monoisotopic (exact) mass is 332 g/mol. The molecule has 0 radical (unpaired) electrons. The van der Waals surface area contributed by atoms with Gasteiger partial charge >= 0.3 is 0 Å². The van der Waals surface area contributed by atoms with Gasteiger partial charge in [-0.3, -0.25) is 4.40 Å². The molecule has 8 nitrogen and oxygen atoms in total. The van der Waals surface area contributed by atoms with Crippen LogP contribution in [-0.4, -0.2) is 56.1 Å². The third kappa shape index (κ3) is 3.17. The smallest absolute Gasteiger partial charge is 0.262 e. The molecule has 0 bridgehead atoms. The molecule has 21 heavy (non-hydrogen) atoms. The van der Waals surface area contributed by atoms with Crippen molar-refractivity contribution in [1.82, 2.24) is 13.7 Å². The maximum atomic E-state index is 12.5. The van der Waals surface area contributed by atoms with E-state index in [4.69, 9.17) is 5.73 Å². The summed E-state index contributed by atoms with van der Waals surface area (Å²) in [7, 11) is -5.88. The van der Waals surface area contributed by atoms with Crippen LogP contribution in [0.15, 0.2) is 29.4 Å². The molecular weight excluding hydrogens is 316 g/mol. The minimum Gasteiger partial charge on any atom is -0.381 e. The maximum absolute atomic E-state index is 12.5. The van der Waals surface area contributed by atoms with Crippen molar-refractivity contribution in [1.29, 1.82) is 0 Å². The lowest BCUT2D eigenvalue weighted by Gasteiger charge is -2.16. The highest BCUT2D eigenvalue weighted by molar-refractivity contribution is 7.91. The van der Waals surface area contributed by atoms with Crippen molar-refractivity contribution in [3.8, 4) is 0 Å². The Morgan fingerprint density at radius 3 is 2.57 bits per heavy atom. The Morgan fingerprint density at radius 2 is 1.95 bits per heavy atom. The van der Waals surface area contributed by atoms with Gasteiger partial charge in [-0.2, -0.15) is 4.31 Å². The summed E-state index contributed by atoms with van der Waals surface area (Å²) in [6.07, 6.45) is 2.59. The van der Waals surface area contributed by atoms with Gasteiger partial charge in [-0.25, -0.2) is 21.8 Å². The normalized spacial score (nSPS) is 13.1. The zero-order chi connectivity index (χ0) is 15.8. The lowest BCUT2D eigenvalue weighted by Crippen LogP contribution is -2.32. The fourth-order valence-electron chi connectivity index (χ4n) is 1.81. The van der Waals surface area contributed by atoms with E-state index in [1.807, 2.05) is 0 Å². The molecule has 0 saturated heterocycles. The predicted molar refractivity (Wildman–Crippen MR) is 79.1 cm³/mol. The van der Waals surface area contributed by atoms with E-state index in [2.05, 4.69) is 4.98 Å². The average Bonchev–Trinajstić information content (AvgIpc) is 2.71. The molecule has 0 aromatic carbocycles. The molecule has 2 N–H and O–H groups in total. The number of sulfone groups is 1. The fourth-order valence-corrected chi connectivity index (χ4v) is 3.87. The van der Waals surface area contributed by atoms with Crippen molar-refractivity contribution >= 4 is 31.3 Å². The largest absolute Gasteiger partial charge is 0.381 e. The van der Waals surface area contributed by atoms with Crippen LogP contribution in [0.1, 0.15) is 0 Å². The van der Waals surface area contributed by atoms with E-state index >= 15 is 0 Å². The number of nitrogen functional groups attached to an aromatic ring is 1. The van der Waals surface area contributed by atoms with Crippen LogP contribution >= 0.6 is 0 Å². The fraction of sp³-hybridized carbons (Fsp3) is 0.364. The van der Waals surface area contributed by atoms with E-state index in [9.17, 15) is 16.8 Å². The lowest BCUT2D eigenvalue weighted by atomic mass is 10.5. The molecule has 0 unspecified atom stereocenters. The highest BCUT2D eigenvalue weighted by atomic mass is 32.2. The molecule has 116 valence electrons. The van der Waals surface area contributed by atoms with Gasteiger partial charge in [0.15, 0.2) is 10.8 Å². The van der Waals surface area contributed by atoms with E-state index < -0.39 is 19.9 Å². The first kappa shape index (κ1) is 15.7. The van der Waals surface area contributed by atoms with Gasteiger partial charge in [-0.1, -0.05) is 6.07 Å². The van der Waals surface area contributed by atoms with Crippen LogP contribution < -0.4 is 5.73 Å². The summed E-state index contributed by atoms with van der Waals surface area (Å²) in [5.41, 5.74) is 6.11. The van der Waals surface area contributed by atoms with Gasteiger partial charge in [0, 0.05) is 26.0 Å². The molecule has 2 rings (SSSR count). The SMILES string of the molecule is CN(CCS(C)(=O)=O)S(=O)(=O)c1c(N)nc2ccccn12. The van der Waals surface area contributed by atoms with Crippen molar-refractivity contribution < 1.29 is 16.8 Å². The Kier molecular flexibility index (Phi) is 3.95. The van der Waals surface area contributed by atoms with E-state index in [0.29, 0.717) is 5.65 Å². The van der Waals surface area contributed by atoms with Gasteiger partial charge in [-0.05, 0) is 12.1 Å². The summed E-state index contributed by atoms with van der Waals surface area (Å²) in [5, 5.41) is -0.158. The maximum Gasteiger partial charge on any atom is 0.262 e. The third-order valence-corrected chi connectivity index (χ3v) is 5.76. The number of fused-ring (bicyclic) bond motifs is 1. The zero-order valence-corrected chi connectivity index (χ0v) is 13.2. The van der Waals surface area contributed by atoms with E-state index in [0.717, 1.165) is 10.6 Å². The van der Waals surface area contributed by atoms with Crippen LogP contribution in [-0.2, 0) is 19.9 Å². The zero-order valence-electron chi connectivity index (χ0n) is 11.6. The molecular formula is C11H16N4O4S2. The second-order valence-electron chi connectivity index (χ2n) is 4.69. The van der Waals surface area contributed by atoms with Gasteiger partial charge in [0.1, 0.15) is 15.5 Å². The number of pyridine rings is 1. The molecule has 0 aliphatic heterocycles. The molecule has 0 spiro atoms. The second kappa shape index (κ2) is 5.28. The third-order valence-electron chi connectivity index (χ3n) is 2.94. The minimum atomic E-state index is -3.93. The number of hydrogen-bond donors (Lipinski definition) is 1. The number of sulfonamides is 1. The highest BCUT2D eigenvalue weighted by Gasteiger charge is 2.28. The minimum absolute atomic E-state index is 0.118. The number of hydrogen-bond acceptors (Lipinski definition) is 6. The van der Waals surface area contributed by atoms with Crippen molar-refractivity contribution in [3.63, 3.8) is 0 Å². The van der Waals surface area contributed by atoms with Crippen molar-refractivity contribution in [2.75, 3.05) is 31.3 Å². The summed E-state index contributed by atoms with van der Waals surface area (Å²) in [4.78, 5) is 3.99. The summed E-state index contributed by atoms with van der Waals surface area (Å²) < 4.78 is 49.7. The van der Waals surface area contributed by atoms with Gasteiger partial charge in [0.2, 0.25) is 0 Å².